The maximum Gasteiger partial charge on any atom is -0.412 e. The van der Waals surface area contributed by atoms with Gasteiger partial charge in [0.2, 0.25) is 0 Å². The topological polar surface area (TPSA) is 31.5 Å². The third-order valence-electron chi connectivity index (χ3n) is 0. The van der Waals surface area contributed by atoms with E-state index in [2.05, 4.69) is 19.6 Å². The Bertz CT molecular complexity index is 26.3. The van der Waals surface area contributed by atoms with Crippen LogP contribution in [0.25, 0.3) is 0 Å². The molecule has 0 aliphatic heterocycles. The first kappa shape index (κ1) is 10.7. The third kappa shape index (κ3) is 41.0. The van der Waals surface area contributed by atoms with Gasteiger partial charge in [-0.1, -0.05) is 0 Å². The summed E-state index contributed by atoms with van der Waals surface area (Å²) < 4.78 is -0.424. The standard InChI is InChI=1S/C3H9Si.K.H2O/c1-4(2)3;;/h1-3H3;;1H2. The molecule has 0 aliphatic rings. The second-order valence-electron chi connectivity index (χ2n) is 3.00. The van der Waals surface area contributed by atoms with Crippen LogP contribution in [0.1, 0.15) is 0 Å². The van der Waals surface area contributed by atoms with E-state index in [0.717, 1.165) is 47.7 Å². The Hall–Kier alpha value is 1.81. The predicted octanol–water partition coefficient (Wildman–Crippen LogP) is 0.165. The molecular formula is C3H11KOSi. The van der Waals surface area contributed by atoms with Gasteiger partial charge in [-0.05, 0) is 0 Å². The molecular weight excluding hydrogens is 119 g/mol. The first-order valence-corrected chi connectivity index (χ1v) is 10.7. The van der Waals surface area contributed by atoms with Crippen LogP contribution in [0.4, 0.5) is 0 Å². The van der Waals surface area contributed by atoms with E-state index in [1.807, 2.05) is 0 Å². The average Bonchev–Trinajstić information content (AvgIpc) is 0.722. The maximum atomic E-state index is 2.41. The summed E-state index contributed by atoms with van der Waals surface area (Å²) in [5.74, 6) is 0. The second kappa shape index (κ2) is 3.77. The zero-order chi connectivity index (χ0) is 4.50. The molecule has 0 saturated heterocycles. The summed E-state index contributed by atoms with van der Waals surface area (Å²) in [5.41, 5.74) is 0. The first-order chi connectivity index (χ1) is 2.00. The second-order valence-corrected chi connectivity index (χ2v) is 23.1. The molecule has 6 heavy (non-hydrogen) atoms. The third-order valence-corrected chi connectivity index (χ3v) is 0. The quantitative estimate of drug-likeness (QED) is 0.419. The molecule has 3 heteroatoms. The molecule has 34 valence electrons. The molecule has 0 rings (SSSR count). The van der Waals surface area contributed by atoms with Gasteiger partial charge in [0.15, 0.2) is 0 Å². The van der Waals surface area contributed by atoms with Crippen LogP contribution in [0.5, 0.6) is 0 Å². The molecule has 0 spiro atoms. The van der Waals surface area contributed by atoms with Gasteiger partial charge in [-0.25, -0.2) is 0 Å². The molecule has 0 saturated carbocycles. The summed E-state index contributed by atoms with van der Waals surface area (Å²) >= 11 is 1.14. The smallest absolute Gasteiger partial charge is 0.412 e. The van der Waals surface area contributed by atoms with E-state index in [9.17, 15) is 0 Å². The van der Waals surface area contributed by atoms with Crippen LogP contribution >= 0.6 is 0 Å². The molecule has 0 radical (unpaired) electrons. The van der Waals surface area contributed by atoms with E-state index in [0.29, 0.717) is 0 Å². The van der Waals surface area contributed by atoms with Gasteiger partial charge < -0.3 is 5.48 Å². The van der Waals surface area contributed by atoms with Gasteiger partial charge >= 0.3 is 68.1 Å². The van der Waals surface area contributed by atoms with Crippen LogP contribution in [0.3, 0.4) is 0 Å². The zero-order valence-electron chi connectivity index (χ0n) is 5.00. The summed E-state index contributed by atoms with van der Waals surface area (Å²) in [4.78, 5) is 0. The van der Waals surface area contributed by atoms with Gasteiger partial charge in [-0.15, -0.1) is 0 Å². The van der Waals surface area contributed by atoms with Crippen molar-refractivity contribution in [3.8, 4) is 0 Å². The van der Waals surface area contributed by atoms with Crippen molar-refractivity contribution in [1.29, 1.82) is 0 Å². The Kier molecular flexibility index (Phi) is 6.75. The van der Waals surface area contributed by atoms with Crippen molar-refractivity contribution in [2.75, 3.05) is 0 Å². The van der Waals surface area contributed by atoms with Crippen molar-refractivity contribution in [2.24, 2.45) is 0 Å². The maximum absolute atomic E-state index is 2.41. The molecule has 0 aliphatic carbocycles. The minimum Gasteiger partial charge on any atom is -0.412 e. The van der Waals surface area contributed by atoms with E-state index in [1.54, 1.807) is 0 Å². The van der Waals surface area contributed by atoms with Crippen molar-refractivity contribution in [3.05, 3.63) is 0 Å². The van der Waals surface area contributed by atoms with Crippen molar-refractivity contribution >= 4 is 48.4 Å². The molecule has 0 aromatic carbocycles. The van der Waals surface area contributed by atoms with Gasteiger partial charge in [0, 0.05) is 0 Å². The Morgan fingerprint density at radius 2 is 1.17 bits per heavy atom. The van der Waals surface area contributed by atoms with Crippen LogP contribution in [-0.2, 0) is 0 Å². The van der Waals surface area contributed by atoms with Crippen molar-refractivity contribution < 1.29 is 5.48 Å². The fourth-order valence-electron chi connectivity index (χ4n) is 0. The summed E-state index contributed by atoms with van der Waals surface area (Å²) in [6, 6.07) is 0. The van der Waals surface area contributed by atoms with Crippen molar-refractivity contribution in [3.63, 3.8) is 0 Å². The van der Waals surface area contributed by atoms with E-state index in [1.165, 1.54) is 0 Å². The van der Waals surface area contributed by atoms with Gasteiger partial charge in [0.1, 0.15) is 0 Å². The number of hydrogen-bond donors (Lipinski definition) is 0. The zero-order valence-corrected chi connectivity index (χ0v) is 9.12. The SMILES string of the molecule is C[Si](C)(C)[K].O. The fourth-order valence-corrected chi connectivity index (χ4v) is 0. The monoisotopic (exact) mass is 130 g/mol. The van der Waals surface area contributed by atoms with Crippen LogP contribution in [0.15, 0.2) is 0 Å². The van der Waals surface area contributed by atoms with Gasteiger partial charge in [0.25, 0.3) is 0 Å². The van der Waals surface area contributed by atoms with Crippen LogP contribution < -0.4 is 0 Å². The van der Waals surface area contributed by atoms with Gasteiger partial charge in [-0.2, -0.15) is 0 Å². The molecule has 0 atom stereocenters. The normalized spacial score (nSPS) is 10.2. The Morgan fingerprint density at radius 1 is 1.17 bits per heavy atom. The van der Waals surface area contributed by atoms with Gasteiger partial charge in [0.05, 0.1) is 0 Å². The Balaban J connectivity index is 0. The minimum atomic E-state index is -0.424. The Labute approximate surface area is 72.1 Å². The van der Waals surface area contributed by atoms with E-state index >= 15 is 0 Å². The summed E-state index contributed by atoms with van der Waals surface area (Å²) in [6.45, 7) is 7.23. The number of rotatable bonds is 0. The molecule has 1 nitrogen and oxygen atoms in total. The predicted molar refractivity (Wildman–Crippen MR) is 32.7 cm³/mol. The van der Waals surface area contributed by atoms with Crippen molar-refractivity contribution in [1.82, 2.24) is 0 Å². The van der Waals surface area contributed by atoms with Gasteiger partial charge in [-0.3, -0.25) is 0 Å². The van der Waals surface area contributed by atoms with Crippen LogP contribution in [0, 0.1) is 0 Å². The fraction of sp³-hybridized carbons (Fsp3) is 1.00. The minimum absolute atomic E-state index is 0. The first-order valence-electron chi connectivity index (χ1n) is 2.00. The summed E-state index contributed by atoms with van der Waals surface area (Å²) in [7, 11) is 0. The molecule has 0 aromatic rings. The van der Waals surface area contributed by atoms with Crippen LogP contribution in [-0.4, -0.2) is 53.9 Å². The molecule has 2 N–H and O–H groups in total. The molecule has 0 aromatic heterocycles. The molecule has 0 unspecified atom stereocenters. The molecule has 0 bridgehead atoms. The molecule has 0 fully saturated rings. The summed E-state index contributed by atoms with van der Waals surface area (Å²) in [5, 5.41) is 0. The largest absolute Gasteiger partial charge is 0.412 e. The van der Waals surface area contributed by atoms with E-state index in [4.69, 9.17) is 0 Å². The average molecular weight is 130 g/mol. The summed E-state index contributed by atoms with van der Waals surface area (Å²) in [6.07, 6.45) is 0. The van der Waals surface area contributed by atoms with E-state index in [-0.39, 0.29) is 5.48 Å². The molecule has 0 amide bonds. The Morgan fingerprint density at radius 3 is 1.17 bits per heavy atom. The molecule has 0 heterocycles. The van der Waals surface area contributed by atoms with Crippen LogP contribution in [0.2, 0.25) is 19.6 Å². The van der Waals surface area contributed by atoms with E-state index < -0.39 is 0.755 Å². The number of hydrogen-bond acceptors (Lipinski definition) is 0. The van der Waals surface area contributed by atoms with Crippen molar-refractivity contribution in [2.45, 2.75) is 19.6 Å².